The Balaban J connectivity index is 3.91. The Bertz CT molecular complexity index is 423. The molecular weight excluding hydrogens is 364 g/mol. The van der Waals surface area contributed by atoms with E-state index in [0.717, 1.165) is 31.0 Å². The SMILES string of the molecule is CCCCCCCCCCCCC/C=C(\SCC(=O)O)C(O)CCC(=O)O. The van der Waals surface area contributed by atoms with Crippen LogP contribution >= 0.6 is 11.8 Å². The van der Waals surface area contributed by atoms with E-state index < -0.39 is 18.0 Å². The highest BCUT2D eigenvalue weighted by Crippen LogP contribution is 2.24. The highest BCUT2D eigenvalue weighted by molar-refractivity contribution is 8.03. The second-order valence-corrected chi connectivity index (χ2v) is 8.11. The molecule has 5 nitrogen and oxygen atoms in total. The summed E-state index contributed by atoms with van der Waals surface area (Å²) in [5.74, 6) is -2.01. The third-order valence-corrected chi connectivity index (χ3v) is 5.64. The summed E-state index contributed by atoms with van der Waals surface area (Å²) in [5.41, 5.74) is 0. The molecule has 0 amide bonds. The molecule has 0 radical (unpaired) electrons. The summed E-state index contributed by atoms with van der Waals surface area (Å²) in [5, 5.41) is 27.6. The molecule has 0 fully saturated rings. The minimum absolute atomic E-state index is 0.117. The molecule has 158 valence electrons. The monoisotopic (exact) mass is 402 g/mol. The van der Waals surface area contributed by atoms with E-state index in [0.29, 0.717) is 4.91 Å². The number of carbonyl (C=O) groups is 2. The lowest BCUT2D eigenvalue weighted by Crippen LogP contribution is -2.12. The van der Waals surface area contributed by atoms with E-state index in [-0.39, 0.29) is 18.6 Å². The molecular formula is C21H38O5S. The van der Waals surface area contributed by atoms with Gasteiger partial charge < -0.3 is 15.3 Å². The smallest absolute Gasteiger partial charge is 0.313 e. The van der Waals surface area contributed by atoms with Gasteiger partial charge in [0.25, 0.3) is 0 Å². The number of thioether (sulfide) groups is 1. The minimum atomic E-state index is -0.956. The second-order valence-electron chi connectivity index (χ2n) is 7.06. The van der Waals surface area contributed by atoms with Crippen LogP contribution in [0.2, 0.25) is 0 Å². The molecule has 0 aliphatic carbocycles. The van der Waals surface area contributed by atoms with Gasteiger partial charge in [0.1, 0.15) is 0 Å². The van der Waals surface area contributed by atoms with Crippen molar-refractivity contribution in [2.45, 2.75) is 103 Å². The van der Waals surface area contributed by atoms with Gasteiger partial charge in [0, 0.05) is 11.3 Å². The number of aliphatic carboxylic acids is 2. The van der Waals surface area contributed by atoms with Gasteiger partial charge in [-0.3, -0.25) is 9.59 Å². The normalized spacial score (nSPS) is 12.9. The maximum atomic E-state index is 10.7. The van der Waals surface area contributed by atoms with E-state index in [4.69, 9.17) is 10.2 Å². The van der Waals surface area contributed by atoms with Crippen molar-refractivity contribution in [3.8, 4) is 0 Å². The number of unbranched alkanes of at least 4 members (excludes halogenated alkanes) is 11. The number of aliphatic hydroxyl groups excluding tert-OH is 1. The van der Waals surface area contributed by atoms with Gasteiger partial charge in [-0.25, -0.2) is 0 Å². The van der Waals surface area contributed by atoms with Gasteiger partial charge in [-0.15, -0.1) is 11.8 Å². The number of aliphatic hydroxyl groups is 1. The molecule has 1 unspecified atom stereocenters. The zero-order valence-corrected chi connectivity index (χ0v) is 17.6. The van der Waals surface area contributed by atoms with E-state index in [9.17, 15) is 14.7 Å². The molecule has 0 aromatic rings. The molecule has 1 atom stereocenters. The highest BCUT2D eigenvalue weighted by atomic mass is 32.2. The quantitative estimate of drug-likeness (QED) is 0.243. The van der Waals surface area contributed by atoms with Gasteiger partial charge in [0.15, 0.2) is 0 Å². The Kier molecular flexibility index (Phi) is 17.7. The maximum absolute atomic E-state index is 10.7. The largest absolute Gasteiger partial charge is 0.481 e. The summed E-state index contributed by atoms with van der Waals surface area (Å²) in [6.45, 7) is 2.24. The van der Waals surface area contributed by atoms with Gasteiger partial charge >= 0.3 is 11.9 Å². The molecule has 0 aromatic heterocycles. The minimum Gasteiger partial charge on any atom is -0.481 e. The lowest BCUT2D eigenvalue weighted by atomic mass is 10.0. The maximum Gasteiger partial charge on any atom is 0.313 e. The van der Waals surface area contributed by atoms with E-state index in [2.05, 4.69) is 6.92 Å². The van der Waals surface area contributed by atoms with Crippen LogP contribution in [0.5, 0.6) is 0 Å². The fourth-order valence-corrected chi connectivity index (χ4v) is 3.73. The molecule has 6 heteroatoms. The molecule has 0 aliphatic heterocycles. The van der Waals surface area contributed by atoms with Crippen LogP contribution in [0, 0.1) is 0 Å². The van der Waals surface area contributed by atoms with Crippen molar-refractivity contribution < 1.29 is 24.9 Å². The van der Waals surface area contributed by atoms with Gasteiger partial charge in [-0.1, -0.05) is 77.2 Å². The first kappa shape index (κ1) is 26.0. The Morgan fingerprint density at radius 2 is 1.37 bits per heavy atom. The van der Waals surface area contributed by atoms with Crippen molar-refractivity contribution >= 4 is 23.7 Å². The average Bonchev–Trinajstić information content (AvgIpc) is 2.62. The van der Waals surface area contributed by atoms with Crippen molar-refractivity contribution in [2.24, 2.45) is 0 Å². The summed E-state index contributed by atoms with van der Waals surface area (Å²) >= 11 is 1.09. The standard InChI is InChI=1S/C21H38O5S/c1-2-3-4-5-6-7-8-9-10-11-12-13-14-19(27-17-21(25)26)18(22)15-16-20(23)24/h14,18,22H,2-13,15-17H2,1H3,(H,23,24)(H,25,26)/b19-14-. The predicted octanol–water partition coefficient (Wildman–Crippen LogP) is 5.61. The van der Waals surface area contributed by atoms with Gasteiger partial charge in [-0.05, 0) is 19.3 Å². The molecule has 0 heterocycles. The molecule has 0 aromatic carbocycles. The van der Waals surface area contributed by atoms with Crippen LogP contribution in [0.1, 0.15) is 96.8 Å². The lowest BCUT2D eigenvalue weighted by Gasteiger charge is -2.13. The Labute approximate surface area is 168 Å². The number of rotatable bonds is 19. The number of hydrogen-bond donors (Lipinski definition) is 3. The summed E-state index contributed by atoms with van der Waals surface area (Å²) in [7, 11) is 0. The van der Waals surface area contributed by atoms with Crippen LogP contribution in [0.3, 0.4) is 0 Å². The molecule has 0 saturated carbocycles. The first-order valence-corrected chi connectivity index (χ1v) is 11.4. The molecule has 0 rings (SSSR count). The van der Waals surface area contributed by atoms with Gasteiger partial charge in [0.05, 0.1) is 11.9 Å². The van der Waals surface area contributed by atoms with Crippen LogP contribution in [0.4, 0.5) is 0 Å². The molecule has 27 heavy (non-hydrogen) atoms. The summed E-state index contributed by atoms with van der Waals surface area (Å²) < 4.78 is 0. The average molecular weight is 403 g/mol. The Morgan fingerprint density at radius 1 is 0.852 bits per heavy atom. The highest BCUT2D eigenvalue weighted by Gasteiger charge is 2.14. The number of carboxylic acids is 2. The Morgan fingerprint density at radius 3 is 1.85 bits per heavy atom. The van der Waals surface area contributed by atoms with Crippen LogP contribution in [-0.4, -0.2) is 39.1 Å². The number of hydrogen-bond acceptors (Lipinski definition) is 4. The molecule has 0 saturated heterocycles. The zero-order valence-electron chi connectivity index (χ0n) is 16.8. The van der Waals surface area contributed by atoms with Gasteiger partial charge in [0.2, 0.25) is 0 Å². The predicted molar refractivity (Wildman–Crippen MR) is 112 cm³/mol. The Hall–Kier alpha value is -1.01. The van der Waals surface area contributed by atoms with Crippen molar-refractivity contribution in [1.82, 2.24) is 0 Å². The van der Waals surface area contributed by atoms with E-state index in [1.165, 1.54) is 57.8 Å². The lowest BCUT2D eigenvalue weighted by molar-refractivity contribution is -0.137. The van der Waals surface area contributed by atoms with Crippen LogP contribution < -0.4 is 0 Å². The van der Waals surface area contributed by atoms with Crippen molar-refractivity contribution in [3.63, 3.8) is 0 Å². The van der Waals surface area contributed by atoms with Gasteiger partial charge in [-0.2, -0.15) is 0 Å². The molecule has 0 spiro atoms. The van der Waals surface area contributed by atoms with Crippen molar-refractivity contribution in [3.05, 3.63) is 11.0 Å². The third kappa shape index (κ3) is 18.1. The van der Waals surface area contributed by atoms with E-state index in [1.54, 1.807) is 0 Å². The van der Waals surface area contributed by atoms with E-state index >= 15 is 0 Å². The summed E-state index contributed by atoms with van der Waals surface area (Å²) in [6, 6.07) is 0. The fraction of sp³-hybridized carbons (Fsp3) is 0.810. The number of allylic oxidation sites excluding steroid dienone is 1. The number of carboxylic acid groups (broad SMARTS) is 2. The molecule has 3 N–H and O–H groups in total. The second kappa shape index (κ2) is 18.4. The van der Waals surface area contributed by atoms with Crippen molar-refractivity contribution in [1.29, 1.82) is 0 Å². The van der Waals surface area contributed by atoms with Crippen molar-refractivity contribution in [2.75, 3.05) is 5.75 Å². The first-order valence-electron chi connectivity index (χ1n) is 10.4. The van der Waals surface area contributed by atoms with Crippen LogP contribution in [0.15, 0.2) is 11.0 Å². The van der Waals surface area contributed by atoms with Crippen LogP contribution in [0.25, 0.3) is 0 Å². The molecule has 0 aliphatic rings. The zero-order chi connectivity index (χ0) is 20.3. The summed E-state index contributed by atoms with van der Waals surface area (Å²) in [4.78, 5) is 22.0. The van der Waals surface area contributed by atoms with Crippen LogP contribution in [-0.2, 0) is 9.59 Å². The third-order valence-electron chi connectivity index (χ3n) is 4.48. The summed E-state index contributed by atoms with van der Waals surface area (Å²) in [6.07, 6.45) is 15.8. The van der Waals surface area contributed by atoms with E-state index in [1.807, 2.05) is 6.08 Å². The first-order chi connectivity index (χ1) is 13.0. The topological polar surface area (TPSA) is 94.8 Å². The molecule has 0 bridgehead atoms. The fourth-order valence-electron chi connectivity index (χ4n) is 2.89.